The van der Waals surface area contributed by atoms with Gasteiger partial charge < -0.3 is 14.4 Å². The summed E-state index contributed by atoms with van der Waals surface area (Å²) in [5.74, 6) is 0.345. The number of pyridine rings is 1. The van der Waals surface area contributed by atoms with Gasteiger partial charge >= 0.3 is 0 Å². The molecule has 1 saturated heterocycles. The van der Waals surface area contributed by atoms with Crippen molar-refractivity contribution >= 4 is 38.8 Å². The van der Waals surface area contributed by atoms with Gasteiger partial charge in [0.15, 0.2) is 6.23 Å². The average Bonchev–Trinajstić information content (AvgIpc) is 2.97. The Kier molecular flexibility index (Phi) is 8.10. The minimum Gasteiger partial charge on any atom is -0.496 e. The Hall–Kier alpha value is -3.54. The first kappa shape index (κ1) is 27.0. The minimum absolute atomic E-state index is 0.145. The van der Waals surface area contributed by atoms with Crippen LogP contribution in [0.5, 0.6) is 5.75 Å². The van der Waals surface area contributed by atoms with Gasteiger partial charge in [-0.2, -0.15) is 0 Å². The molecule has 3 heterocycles. The Morgan fingerprint density at radius 1 is 1.15 bits per heavy atom. The van der Waals surface area contributed by atoms with Gasteiger partial charge in [0, 0.05) is 64.2 Å². The number of rotatable bonds is 8. The van der Waals surface area contributed by atoms with Gasteiger partial charge in [-0.1, -0.05) is 18.2 Å². The van der Waals surface area contributed by atoms with Gasteiger partial charge in [-0.15, -0.1) is 0 Å². The van der Waals surface area contributed by atoms with Gasteiger partial charge in [0.05, 0.1) is 28.6 Å². The smallest absolute Gasteiger partial charge is 0.260 e. The predicted octanol–water partition coefficient (Wildman–Crippen LogP) is 1.20. The summed E-state index contributed by atoms with van der Waals surface area (Å²) in [6.07, 6.45) is 10.2. The lowest BCUT2D eigenvalue weighted by molar-refractivity contribution is 0.0420. The molecular weight excluding hydrogens is 518 g/mol. The van der Waals surface area contributed by atoms with Gasteiger partial charge in [0.1, 0.15) is 5.75 Å². The van der Waals surface area contributed by atoms with Crippen LogP contribution in [0.1, 0.15) is 23.2 Å². The van der Waals surface area contributed by atoms with Crippen molar-refractivity contribution < 1.29 is 22.7 Å². The molecule has 11 heteroatoms. The third-order valence-electron chi connectivity index (χ3n) is 7.26. The van der Waals surface area contributed by atoms with Crippen LogP contribution in [0.2, 0.25) is 0 Å². The molecule has 2 aromatic rings. The van der Waals surface area contributed by atoms with E-state index in [1.54, 1.807) is 48.7 Å². The molecule has 2 atom stereocenters. The zero-order valence-electron chi connectivity index (χ0n) is 22.1. The molecule has 2 unspecified atom stereocenters. The van der Waals surface area contributed by atoms with Crippen LogP contribution in [0.15, 0.2) is 53.7 Å². The first-order valence-electron chi connectivity index (χ1n) is 13.0. The molecule has 1 aliphatic carbocycles. The van der Waals surface area contributed by atoms with E-state index >= 15 is 0 Å². The number of carbonyl (C=O) groups excluding carboxylic acids is 1. The predicted molar refractivity (Wildman–Crippen MR) is 150 cm³/mol. The lowest BCUT2D eigenvalue weighted by atomic mass is 10.0. The lowest BCUT2D eigenvalue weighted by Crippen LogP contribution is -2.50. The fraction of sp³-hybridized carbons (Fsp3) is 0.393. The number of carbonyl (C=O) groups is 1. The number of aliphatic imine (C=N–C) groups is 1. The number of allylic oxidation sites excluding steroid dienone is 1. The largest absolute Gasteiger partial charge is 0.496 e. The Morgan fingerprint density at radius 3 is 2.74 bits per heavy atom. The molecular formula is C28H33N5O5S. The van der Waals surface area contributed by atoms with Crippen molar-refractivity contribution in [2.45, 2.75) is 19.1 Å². The van der Waals surface area contributed by atoms with E-state index in [1.807, 2.05) is 18.2 Å². The SMILES string of the molecule is COc1cc(NS(=O)(=O)C2=c3ncccc3=CCC2)ccc1C(=O)N1CCN(CC2C=CC=NC2OC)CC1. The standard InChI is InChI=1S/C28H33N5O5S/c1-37-24-18-22(31-39(35,36)25-9-3-6-20-7-4-12-29-26(20)25)10-11-23(24)28(34)33-16-14-32(15-17-33)19-21-8-5-13-30-27(21)38-2/h4-8,10-13,18,21,27,31H,3,9,14-17,19H2,1-2H3. The highest BCUT2D eigenvalue weighted by atomic mass is 32.2. The van der Waals surface area contributed by atoms with Gasteiger partial charge in [-0.25, -0.2) is 8.42 Å². The molecule has 0 radical (unpaired) electrons. The van der Waals surface area contributed by atoms with E-state index in [4.69, 9.17) is 9.47 Å². The zero-order valence-corrected chi connectivity index (χ0v) is 22.9. The number of benzene rings is 1. The number of anilines is 1. The zero-order chi connectivity index (χ0) is 27.4. The number of ether oxygens (including phenoxy) is 2. The lowest BCUT2D eigenvalue weighted by Gasteiger charge is -2.37. The Balaban J connectivity index is 1.26. The molecule has 206 valence electrons. The molecule has 1 fully saturated rings. The number of hydrogen-bond donors (Lipinski definition) is 1. The molecule has 0 spiro atoms. The highest BCUT2D eigenvalue weighted by Crippen LogP contribution is 2.28. The topological polar surface area (TPSA) is 113 Å². The number of amides is 1. The van der Waals surface area contributed by atoms with Crippen LogP contribution in [0, 0.1) is 5.92 Å². The van der Waals surface area contributed by atoms with Crippen molar-refractivity contribution in [3.05, 3.63) is 64.8 Å². The molecule has 0 bridgehead atoms. The van der Waals surface area contributed by atoms with Gasteiger partial charge in [0.25, 0.3) is 15.9 Å². The summed E-state index contributed by atoms with van der Waals surface area (Å²) in [7, 11) is -0.710. The third-order valence-corrected chi connectivity index (χ3v) is 8.81. The second kappa shape index (κ2) is 11.7. The summed E-state index contributed by atoms with van der Waals surface area (Å²) in [4.78, 5) is 26.4. The van der Waals surface area contributed by atoms with Crippen LogP contribution >= 0.6 is 0 Å². The van der Waals surface area contributed by atoms with Gasteiger partial charge in [-0.3, -0.25) is 24.4 Å². The molecule has 1 amide bonds. The summed E-state index contributed by atoms with van der Waals surface area (Å²) in [5, 5.41) is 1.28. The number of nitrogens with one attached hydrogen (secondary N) is 1. The van der Waals surface area contributed by atoms with E-state index in [-0.39, 0.29) is 23.0 Å². The van der Waals surface area contributed by atoms with Crippen molar-refractivity contribution in [1.29, 1.82) is 0 Å². The monoisotopic (exact) mass is 551 g/mol. The third kappa shape index (κ3) is 5.90. The molecule has 1 aromatic carbocycles. The molecule has 3 aliphatic rings. The Labute approximate surface area is 228 Å². The van der Waals surface area contributed by atoms with Crippen molar-refractivity contribution in [2.24, 2.45) is 10.9 Å². The first-order valence-corrected chi connectivity index (χ1v) is 14.5. The summed E-state index contributed by atoms with van der Waals surface area (Å²) in [5.41, 5.74) is 0.716. The first-order chi connectivity index (χ1) is 18.9. The highest BCUT2D eigenvalue weighted by molar-refractivity contribution is 8.01. The minimum atomic E-state index is -3.85. The Morgan fingerprint density at radius 2 is 1.97 bits per heavy atom. The maximum absolute atomic E-state index is 13.4. The van der Waals surface area contributed by atoms with E-state index in [2.05, 4.69) is 25.7 Å². The number of nitrogens with zero attached hydrogens (tertiary/aromatic N) is 4. The van der Waals surface area contributed by atoms with E-state index in [9.17, 15) is 13.2 Å². The molecule has 1 N–H and O–H groups in total. The fourth-order valence-corrected chi connectivity index (χ4v) is 6.60. The van der Waals surface area contributed by atoms with Crippen LogP contribution in [-0.2, 0) is 14.8 Å². The molecule has 5 rings (SSSR count). The molecule has 10 nitrogen and oxygen atoms in total. The normalized spacial score (nSPS) is 21.3. The number of dihydropyridines is 1. The number of methoxy groups -OCH3 is 2. The molecule has 0 saturated carbocycles. The number of sulfonamides is 1. The van der Waals surface area contributed by atoms with Crippen LogP contribution < -0.4 is 20.0 Å². The van der Waals surface area contributed by atoms with E-state index in [1.165, 1.54) is 7.11 Å². The molecule has 39 heavy (non-hydrogen) atoms. The number of hydrogen-bond acceptors (Lipinski definition) is 8. The van der Waals surface area contributed by atoms with Crippen molar-refractivity contribution in [3.63, 3.8) is 0 Å². The maximum Gasteiger partial charge on any atom is 0.260 e. The van der Waals surface area contributed by atoms with E-state index in [0.717, 1.165) is 24.9 Å². The Bertz CT molecular complexity index is 1510. The van der Waals surface area contributed by atoms with Gasteiger partial charge in [-0.05, 0) is 42.3 Å². The second-order valence-electron chi connectivity index (χ2n) is 9.69. The average molecular weight is 552 g/mol. The summed E-state index contributed by atoms with van der Waals surface area (Å²) in [6, 6.07) is 8.41. The summed E-state index contributed by atoms with van der Waals surface area (Å²) in [6.45, 7) is 3.44. The number of piperazine rings is 1. The van der Waals surface area contributed by atoms with Crippen LogP contribution in [0.25, 0.3) is 11.0 Å². The van der Waals surface area contributed by atoms with E-state index < -0.39 is 10.0 Å². The molecule has 1 aromatic heterocycles. The fourth-order valence-electron chi connectivity index (χ4n) is 5.22. The van der Waals surface area contributed by atoms with Crippen molar-refractivity contribution in [1.82, 2.24) is 14.8 Å². The van der Waals surface area contributed by atoms with Crippen LogP contribution in [-0.4, -0.2) is 88.5 Å². The van der Waals surface area contributed by atoms with E-state index in [0.29, 0.717) is 48.3 Å². The van der Waals surface area contributed by atoms with Crippen LogP contribution in [0.3, 0.4) is 0 Å². The summed E-state index contributed by atoms with van der Waals surface area (Å²) < 4.78 is 40.1. The number of aromatic nitrogens is 1. The number of fused-ring (bicyclic) bond motifs is 1. The van der Waals surface area contributed by atoms with Crippen LogP contribution in [0.4, 0.5) is 5.69 Å². The van der Waals surface area contributed by atoms with Gasteiger partial charge in [0.2, 0.25) is 0 Å². The maximum atomic E-state index is 13.4. The molecule has 2 aliphatic heterocycles. The van der Waals surface area contributed by atoms with Crippen molar-refractivity contribution in [2.75, 3.05) is 51.7 Å². The quantitative estimate of drug-likeness (QED) is 0.525. The van der Waals surface area contributed by atoms with Crippen molar-refractivity contribution in [3.8, 4) is 5.75 Å². The second-order valence-corrected chi connectivity index (χ2v) is 11.4. The highest BCUT2D eigenvalue weighted by Gasteiger charge is 2.28. The summed E-state index contributed by atoms with van der Waals surface area (Å²) >= 11 is 0.